The van der Waals surface area contributed by atoms with Crippen molar-refractivity contribution >= 4 is 11.8 Å². The van der Waals surface area contributed by atoms with E-state index in [1.165, 1.54) is 11.8 Å². The molecule has 3 rings (SSSR count). The van der Waals surface area contributed by atoms with E-state index >= 15 is 0 Å². The van der Waals surface area contributed by atoms with Crippen molar-refractivity contribution in [2.45, 2.75) is 37.5 Å². The molecule has 0 amide bonds. The Morgan fingerprint density at radius 3 is 3.19 bits per heavy atom. The first-order valence-corrected chi connectivity index (χ1v) is 8.68. The topological polar surface area (TPSA) is 30.5 Å². The predicted octanol–water partition coefficient (Wildman–Crippen LogP) is 2.98. The molecule has 2 fully saturated rings. The maximum atomic E-state index is 13.4. The lowest BCUT2D eigenvalue weighted by Crippen LogP contribution is -2.43. The molecule has 2 aliphatic heterocycles. The lowest BCUT2D eigenvalue weighted by molar-refractivity contribution is -0.0960. The Bertz CT molecular complexity index is 491. The first-order valence-electron chi connectivity index (χ1n) is 7.52. The number of hydrogen-bond donors (Lipinski definition) is 1. The van der Waals surface area contributed by atoms with E-state index in [2.05, 4.69) is 5.32 Å². The molecule has 116 valence electrons. The van der Waals surface area contributed by atoms with E-state index in [4.69, 9.17) is 9.47 Å². The summed E-state index contributed by atoms with van der Waals surface area (Å²) < 4.78 is 25.6. The molecule has 1 aromatic rings. The molecular weight excluding hydrogens is 289 g/mol. The van der Waals surface area contributed by atoms with Crippen molar-refractivity contribution in [2.75, 3.05) is 25.2 Å². The molecule has 3 nitrogen and oxygen atoms in total. The van der Waals surface area contributed by atoms with E-state index in [-0.39, 0.29) is 17.5 Å². The van der Waals surface area contributed by atoms with Gasteiger partial charge in [-0.25, -0.2) is 4.39 Å². The molecule has 2 heterocycles. The van der Waals surface area contributed by atoms with Crippen LogP contribution in [0, 0.1) is 5.82 Å². The molecule has 2 unspecified atom stereocenters. The van der Waals surface area contributed by atoms with E-state index in [1.54, 1.807) is 12.1 Å². The molecule has 1 N–H and O–H groups in total. The second kappa shape index (κ2) is 6.55. The largest absolute Gasteiger partial charge is 0.490 e. The molecule has 21 heavy (non-hydrogen) atoms. The van der Waals surface area contributed by atoms with Crippen molar-refractivity contribution in [3.8, 4) is 5.75 Å². The van der Waals surface area contributed by atoms with Gasteiger partial charge < -0.3 is 14.8 Å². The normalized spacial score (nSPS) is 29.0. The Hall–Kier alpha value is -0.780. The summed E-state index contributed by atoms with van der Waals surface area (Å²) in [5.41, 5.74) is 0.885. The first-order chi connectivity index (χ1) is 10.2. The molecule has 0 saturated carbocycles. The van der Waals surface area contributed by atoms with Gasteiger partial charge in [0.25, 0.3) is 0 Å². The third kappa shape index (κ3) is 3.52. The van der Waals surface area contributed by atoms with Gasteiger partial charge in [-0.1, -0.05) is 0 Å². The molecular formula is C16H22FNO2S. The molecule has 0 aliphatic carbocycles. The maximum absolute atomic E-state index is 13.4. The average molecular weight is 311 g/mol. The van der Waals surface area contributed by atoms with Crippen LogP contribution in [-0.2, 0) is 11.3 Å². The summed E-state index contributed by atoms with van der Waals surface area (Å²) in [7, 11) is 1.86. The molecule has 0 radical (unpaired) electrons. The Labute approximate surface area is 129 Å². The highest BCUT2D eigenvalue weighted by Crippen LogP contribution is 2.39. The summed E-state index contributed by atoms with van der Waals surface area (Å²) in [4.78, 5) is 0. The number of halogens is 1. The van der Waals surface area contributed by atoms with E-state index < -0.39 is 0 Å². The quantitative estimate of drug-likeness (QED) is 0.926. The highest BCUT2D eigenvalue weighted by Gasteiger charge is 2.41. The van der Waals surface area contributed by atoms with Crippen LogP contribution in [0.5, 0.6) is 5.75 Å². The second-order valence-corrected chi connectivity index (χ2v) is 6.95. The van der Waals surface area contributed by atoms with E-state index in [0.29, 0.717) is 6.54 Å². The lowest BCUT2D eigenvalue weighted by Gasteiger charge is -2.37. The average Bonchev–Trinajstić information content (AvgIpc) is 2.90. The molecule has 5 heteroatoms. The fraction of sp³-hybridized carbons (Fsp3) is 0.625. The SMILES string of the molecule is CNCc1cc(F)ccc1OC1CCOC2(CCSC2)C1. The van der Waals surface area contributed by atoms with Gasteiger partial charge in [0.05, 0.1) is 12.2 Å². The van der Waals surface area contributed by atoms with Gasteiger partial charge in [0.2, 0.25) is 0 Å². The summed E-state index contributed by atoms with van der Waals surface area (Å²) in [5.74, 6) is 2.81. The van der Waals surface area contributed by atoms with Crippen molar-refractivity contribution in [2.24, 2.45) is 0 Å². The minimum atomic E-state index is -0.219. The fourth-order valence-corrected chi connectivity index (χ4v) is 4.50. The molecule has 2 aliphatic rings. The van der Waals surface area contributed by atoms with Crippen molar-refractivity contribution in [3.63, 3.8) is 0 Å². The smallest absolute Gasteiger partial charge is 0.124 e. The van der Waals surface area contributed by atoms with Crippen LogP contribution in [0.3, 0.4) is 0 Å². The lowest BCUT2D eigenvalue weighted by atomic mass is 9.91. The molecule has 1 aromatic carbocycles. The van der Waals surface area contributed by atoms with Gasteiger partial charge in [0.15, 0.2) is 0 Å². The van der Waals surface area contributed by atoms with Gasteiger partial charge in [-0.3, -0.25) is 0 Å². The number of rotatable bonds is 4. The highest BCUT2D eigenvalue weighted by atomic mass is 32.2. The van der Waals surface area contributed by atoms with Crippen molar-refractivity contribution in [3.05, 3.63) is 29.6 Å². The number of hydrogen-bond acceptors (Lipinski definition) is 4. The standard InChI is InChI=1S/C16H22FNO2S/c1-18-10-12-8-13(17)2-3-15(12)20-14-4-6-19-16(9-14)5-7-21-11-16/h2-3,8,14,18H,4-7,9-11H2,1H3. The number of thioether (sulfide) groups is 1. The number of nitrogens with one attached hydrogen (secondary N) is 1. The van der Waals surface area contributed by atoms with Crippen LogP contribution in [0.4, 0.5) is 4.39 Å². The van der Waals surface area contributed by atoms with Crippen LogP contribution >= 0.6 is 11.8 Å². The Kier molecular flexibility index (Phi) is 4.72. The van der Waals surface area contributed by atoms with Gasteiger partial charge in [-0.15, -0.1) is 0 Å². The Morgan fingerprint density at radius 2 is 2.43 bits per heavy atom. The third-order valence-electron chi connectivity index (χ3n) is 4.20. The molecule has 2 saturated heterocycles. The van der Waals surface area contributed by atoms with Crippen LogP contribution in [0.2, 0.25) is 0 Å². The Morgan fingerprint density at radius 1 is 1.52 bits per heavy atom. The zero-order chi connectivity index (χ0) is 14.7. The van der Waals surface area contributed by atoms with Crippen LogP contribution in [-0.4, -0.2) is 36.9 Å². The summed E-state index contributed by atoms with van der Waals surface area (Å²) >= 11 is 1.96. The molecule has 0 bridgehead atoms. The van der Waals surface area contributed by atoms with Gasteiger partial charge in [-0.05, 0) is 37.4 Å². The fourth-order valence-electron chi connectivity index (χ4n) is 3.12. The summed E-state index contributed by atoms with van der Waals surface area (Å²) in [6.07, 6.45) is 3.13. The zero-order valence-corrected chi connectivity index (χ0v) is 13.2. The van der Waals surface area contributed by atoms with Crippen LogP contribution < -0.4 is 10.1 Å². The van der Waals surface area contributed by atoms with Crippen LogP contribution in [0.1, 0.15) is 24.8 Å². The molecule has 1 spiro atoms. The molecule has 2 atom stereocenters. The van der Waals surface area contributed by atoms with E-state index in [9.17, 15) is 4.39 Å². The summed E-state index contributed by atoms with van der Waals surface area (Å²) in [6.45, 7) is 1.37. The monoisotopic (exact) mass is 311 g/mol. The minimum absolute atomic E-state index is 0.0107. The van der Waals surface area contributed by atoms with Crippen LogP contribution in [0.15, 0.2) is 18.2 Å². The van der Waals surface area contributed by atoms with Crippen LogP contribution in [0.25, 0.3) is 0 Å². The maximum Gasteiger partial charge on any atom is 0.124 e. The van der Waals surface area contributed by atoms with Crippen molar-refractivity contribution < 1.29 is 13.9 Å². The van der Waals surface area contributed by atoms with E-state index in [0.717, 1.165) is 42.9 Å². The minimum Gasteiger partial charge on any atom is -0.490 e. The predicted molar refractivity (Wildman–Crippen MR) is 83.4 cm³/mol. The van der Waals surface area contributed by atoms with Gasteiger partial charge in [-0.2, -0.15) is 11.8 Å². The summed E-state index contributed by atoms with van der Waals surface area (Å²) in [6, 6.07) is 4.76. The number of benzene rings is 1. The third-order valence-corrected chi connectivity index (χ3v) is 5.42. The van der Waals surface area contributed by atoms with Gasteiger partial charge in [0.1, 0.15) is 17.7 Å². The Balaban J connectivity index is 1.71. The van der Waals surface area contributed by atoms with E-state index in [1.807, 2.05) is 18.8 Å². The summed E-state index contributed by atoms with van der Waals surface area (Å²) in [5, 5.41) is 3.06. The first kappa shape index (κ1) is 15.1. The highest BCUT2D eigenvalue weighted by molar-refractivity contribution is 7.99. The zero-order valence-electron chi connectivity index (χ0n) is 12.4. The second-order valence-electron chi connectivity index (χ2n) is 5.85. The van der Waals surface area contributed by atoms with Crippen molar-refractivity contribution in [1.82, 2.24) is 5.32 Å². The van der Waals surface area contributed by atoms with Gasteiger partial charge >= 0.3 is 0 Å². The van der Waals surface area contributed by atoms with Gasteiger partial charge in [0, 0.05) is 30.7 Å². The molecule has 0 aromatic heterocycles. The number of ether oxygens (including phenoxy) is 2. The van der Waals surface area contributed by atoms with Crippen molar-refractivity contribution in [1.29, 1.82) is 0 Å².